The molecule has 0 bridgehead atoms. The molecule has 2 rings (SSSR count). The topological polar surface area (TPSA) is 38.7 Å². The summed E-state index contributed by atoms with van der Waals surface area (Å²) in [5.41, 5.74) is 0.985. The summed E-state index contributed by atoms with van der Waals surface area (Å²) in [5.74, 6) is 1.05. The minimum absolute atomic E-state index is 0.0184. The van der Waals surface area contributed by atoms with Gasteiger partial charge in [-0.05, 0) is 48.9 Å². The summed E-state index contributed by atoms with van der Waals surface area (Å²) in [7, 11) is 0. The minimum Gasteiger partial charge on any atom is -0.489 e. The van der Waals surface area contributed by atoms with E-state index >= 15 is 0 Å². The fourth-order valence-electron chi connectivity index (χ4n) is 1.63. The predicted molar refractivity (Wildman–Crippen MR) is 74.3 cm³/mol. The number of ether oxygens (including phenoxy) is 2. The van der Waals surface area contributed by atoms with Crippen molar-refractivity contribution in [1.29, 1.82) is 0 Å². The minimum atomic E-state index is -0.281. The Morgan fingerprint density at radius 1 is 1.00 bits per heavy atom. The molecule has 4 heteroatoms. The number of aliphatic hydroxyl groups is 1. The molecule has 0 amide bonds. The van der Waals surface area contributed by atoms with Crippen LogP contribution in [0.3, 0.4) is 0 Å². The molecule has 20 heavy (non-hydrogen) atoms. The van der Waals surface area contributed by atoms with Gasteiger partial charge in [0, 0.05) is 0 Å². The fraction of sp³-hybridized carbons (Fsp3) is 0.250. The van der Waals surface area contributed by atoms with Gasteiger partial charge in [-0.1, -0.05) is 12.1 Å². The first kappa shape index (κ1) is 14.3. The van der Waals surface area contributed by atoms with Crippen LogP contribution in [-0.2, 0) is 6.61 Å². The molecule has 0 heterocycles. The zero-order chi connectivity index (χ0) is 14.4. The lowest BCUT2D eigenvalue weighted by atomic mass is 10.2. The molecular weight excluding hydrogens is 259 g/mol. The van der Waals surface area contributed by atoms with Gasteiger partial charge >= 0.3 is 0 Å². The zero-order valence-corrected chi connectivity index (χ0v) is 11.3. The van der Waals surface area contributed by atoms with Crippen molar-refractivity contribution < 1.29 is 19.0 Å². The van der Waals surface area contributed by atoms with Crippen molar-refractivity contribution in [3.63, 3.8) is 0 Å². The number of benzene rings is 2. The third-order valence-corrected chi connectivity index (χ3v) is 2.74. The third-order valence-electron chi connectivity index (χ3n) is 2.74. The first-order valence-corrected chi connectivity index (χ1v) is 6.42. The van der Waals surface area contributed by atoms with E-state index in [0.717, 1.165) is 5.56 Å². The van der Waals surface area contributed by atoms with E-state index in [1.165, 1.54) is 12.1 Å². The normalized spacial score (nSPS) is 11.9. The quantitative estimate of drug-likeness (QED) is 0.880. The molecule has 0 saturated heterocycles. The van der Waals surface area contributed by atoms with Gasteiger partial charge in [-0.3, -0.25) is 0 Å². The molecule has 1 atom stereocenters. The number of hydrogen-bond acceptors (Lipinski definition) is 3. The number of halogens is 1. The van der Waals surface area contributed by atoms with E-state index in [0.29, 0.717) is 18.1 Å². The van der Waals surface area contributed by atoms with Gasteiger partial charge in [-0.2, -0.15) is 0 Å². The van der Waals surface area contributed by atoms with E-state index < -0.39 is 0 Å². The molecule has 0 saturated carbocycles. The van der Waals surface area contributed by atoms with Crippen LogP contribution in [0.25, 0.3) is 0 Å². The van der Waals surface area contributed by atoms with Gasteiger partial charge in [0.1, 0.15) is 30.0 Å². The molecular formula is C16H17FO3. The summed E-state index contributed by atoms with van der Waals surface area (Å²) in [4.78, 5) is 0. The number of hydrogen-bond donors (Lipinski definition) is 1. The molecule has 0 aliphatic rings. The molecule has 0 aliphatic carbocycles. The Hall–Kier alpha value is -2.07. The lowest BCUT2D eigenvalue weighted by Gasteiger charge is -2.12. The van der Waals surface area contributed by atoms with E-state index in [1.807, 2.05) is 24.3 Å². The SMILES string of the molecule is CC(CO)Oc1ccc(COc2ccc(F)cc2)cc1. The Labute approximate surface area is 117 Å². The maximum Gasteiger partial charge on any atom is 0.123 e. The fourth-order valence-corrected chi connectivity index (χ4v) is 1.63. The van der Waals surface area contributed by atoms with Crippen LogP contribution in [0, 0.1) is 5.82 Å². The first-order valence-electron chi connectivity index (χ1n) is 6.42. The average Bonchev–Trinajstić information content (AvgIpc) is 2.48. The lowest BCUT2D eigenvalue weighted by molar-refractivity contribution is 0.129. The highest BCUT2D eigenvalue weighted by Gasteiger charge is 2.02. The third kappa shape index (κ3) is 4.24. The van der Waals surface area contributed by atoms with Crippen LogP contribution in [0.5, 0.6) is 11.5 Å². The van der Waals surface area contributed by atoms with Crippen molar-refractivity contribution in [2.75, 3.05) is 6.61 Å². The molecule has 3 nitrogen and oxygen atoms in total. The van der Waals surface area contributed by atoms with Gasteiger partial charge in [0.25, 0.3) is 0 Å². The van der Waals surface area contributed by atoms with Crippen molar-refractivity contribution in [2.24, 2.45) is 0 Å². The van der Waals surface area contributed by atoms with Crippen molar-refractivity contribution in [2.45, 2.75) is 19.6 Å². The van der Waals surface area contributed by atoms with Crippen LogP contribution in [0.2, 0.25) is 0 Å². The van der Waals surface area contributed by atoms with Gasteiger partial charge in [0.05, 0.1) is 6.61 Å². The summed E-state index contributed by atoms with van der Waals surface area (Å²) >= 11 is 0. The molecule has 1 N–H and O–H groups in total. The maximum absolute atomic E-state index is 12.7. The second-order valence-electron chi connectivity index (χ2n) is 4.50. The van der Waals surface area contributed by atoms with Gasteiger partial charge in [-0.25, -0.2) is 4.39 Å². The first-order chi connectivity index (χ1) is 9.67. The Balaban J connectivity index is 1.89. The van der Waals surface area contributed by atoms with Crippen molar-refractivity contribution >= 4 is 0 Å². The highest BCUT2D eigenvalue weighted by Crippen LogP contribution is 2.17. The second kappa shape index (κ2) is 6.91. The van der Waals surface area contributed by atoms with Crippen LogP contribution in [0.4, 0.5) is 4.39 Å². The summed E-state index contributed by atoms with van der Waals surface area (Å²) in [6, 6.07) is 13.4. The van der Waals surface area contributed by atoms with Gasteiger partial charge in [-0.15, -0.1) is 0 Å². The number of rotatable bonds is 6. The monoisotopic (exact) mass is 276 g/mol. The Morgan fingerprint density at radius 3 is 2.20 bits per heavy atom. The largest absolute Gasteiger partial charge is 0.489 e. The Morgan fingerprint density at radius 2 is 1.60 bits per heavy atom. The molecule has 106 valence electrons. The average molecular weight is 276 g/mol. The molecule has 0 spiro atoms. The van der Waals surface area contributed by atoms with Crippen molar-refractivity contribution in [1.82, 2.24) is 0 Å². The summed E-state index contributed by atoms with van der Waals surface area (Å²) in [5, 5.41) is 8.91. The Kier molecular flexibility index (Phi) is 4.96. The van der Waals surface area contributed by atoms with E-state index in [1.54, 1.807) is 19.1 Å². The van der Waals surface area contributed by atoms with Crippen molar-refractivity contribution in [3.8, 4) is 11.5 Å². The van der Waals surface area contributed by atoms with Gasteiger partial charge < -0.3 is 14.6 Å². The highest BCUT2D eigenvalue weighted by molar-refractivity contribution is 5.28. The van der Waals surface area contributed by atoms with Crippen LogP contribution >= 0.6 is 0 Å². The summed E-state index contributed by atoms with van der Waals surface area (Å²) < 4.78 is 23.7. The summed E-state index contributed by atoms with van der Waals surface area (Å²) in [6.45, 7) is 2.18. The van der Waals surface area contributed by atoms with Gasteiger partial charge in [0.2, 0.25) is 0 Å². The number of aliphatic hydroxyl groups excluding tert-OH is 1. The smallest absolute Gasteiger partial charge is 0.123 e. The molecule has 2 aromatic rings. The molecule has 1 unspecified atom stereocenters. The van der Waals surface area contributed by atoms with E-state index in [4.69, 9.17) is 14.6 Å². The maximum atomic E-state index is 12.7. The molecule has 0 aliphatic heterocycles. The van der Waals surface area contributed by atoms with E-state index in [-0.39, 0.29) is 18.5 Å². The van der Waals surface area contributed by atoms with Crippen LogP contribution in [0.1, 0.15) is 12.5 Å². The van der Waals surface area contributed by atoms with E-state index in [9.17, 15) is 4.39 Å². The molecule has 0 radical (unpaired) electrons. The lowest BCUT2D eigenvalue weighted by Crippen LogP contribution is -2.16. The van der Waals surface area contributed by atoms with Crippen LogP contribution < -0.4 is 9.47 Å². The highest BCUT2D eigenvalue weighted by atomic mass is 19.1. The van der Waals surface area contributed by atoms with E-state index in [2.05, 4.69) is 0 Å². The Bertz CT molecular complexity index is 522. The standard InChI is InChI=1S/C16H17FO3/c1-12(10-18)20-16-6-2-13(3-7-16)11-19-15-8-4-14(17)5-9-15/h2-9,12,18H,10-11H2,1H3. The van der Waals surface area contributed by atoms with Crippen LogP contribution in [-0.4, -0.2) is 17.8 Å². The predicted octanol–water partition coefficient (Wildman–Crippen LogP) is 3.16. The molecule has 2 aromatic carbocycles. The summed E-state index contributed by atoms with van der Waals surface area (Å²) in [6.07, 6.45) is -0.226. The van der Waals surface area contributed by atoms with Crippen molar-refractivity contribution in [3.05, 3.63) is 59.9 Å². The van der Waals surface area contributed by atoms with Crippen LogP contribution in [0.15, 0.2) is 48.5 Å². The molecule has 0 aromatic heterocycles. The second-order valence-corrected chi connectivity index (χ2v) is 4.50. The zero-order valence-electron chi connectivity index (χ0n) is 11.3. The van der Waals surface area contributed by atoms with Gasteiger partial charge in [0.15, 0.2) is 0 Å². The molecule has 0 fully saturated rings.